The van der Waals surface area contributed by atoms with Gasteiger partial charge in [-0.25, -0.2) is 8.42 Å². The second-order valence-electron chi connectivity index (χ2n) is 5.39. The van der Waals surface area contributed by atoms with Gasteiger partial charge in [-0.3, -0.25) is 0 Å². The molecule has 2 nitrogen and oxygen atoms in total. The minimum atomic E-state index is -4.45. The molecule has 0 aromatic heterocycles. The average Bonchev–Trinajstić information content (AvgIpc) is 2.66. The zero-order valence-corrected chi connectivity index (χ0v) is 12.4. The lowest BCUT2D eigenvalue weighted by Gasteiger charge is -2.17. The zero-order valence-electron chi connectivity index (χ0n) is 11.6. The van der Waals surface area contributed by atoms with E-state index in [9.17, 15) is 21.6 Å². The molecule has 2 atom stereocenters. The Bertz CT molecular complexity index is 825. The van der Waals surface area contributed by atoms with E-state index in [1.807, 2.05) is 0 Å². The van der Waals surface area contributed by atoms with Gasteiger partial charge < -0.3 is 0 Å². The van der Waals surface area contributed by atoms with Crippen LogP contribution in [0.5, 0.6) is 0 Å². The summed E-state index contributed by atoms with van der Waals surface area (Å²) in [5, 5.41) is -0.784. The van der Waals surface area contributed by atoms with Crippen molar-refractivity contribution in [3.63, 3.8) is 0 Å². The van der Waals surface area contributed by atoms with Crippen LogP contribution in [-0.4, -0.2) is 13.7 Å². The Kier molecular flexibility index (Phi) is 3.32. The molecule has 0 radical (unpaired) electrons. The van der Waals surface area contributed by atoms with E-state index in [-0.39, 0.29) is 4.90 Å². The van der Waals surface area contributed by atoms with Crippen molar-refractivity contribution in [1.82, 2.24) is 0 Å². The highest BCUT2D eigenvalue weighted by Gasteiger charge is 2.43. The summed E-state index contributed by atoms with van der Waals surface area (Å²) in [7, 11) is -3.51. The van der Waals surface area contributed by atoms with E-state index in [1.165, 1.54) is 12.1 Å². The number of fused-ring (bicyclic) bond motifs is 1. The molecule has 0 N–H and O–H groups in total. The highest BCUT2D eigenvalue weighted by atomic mass is 32.2. The number of hydrogen-bond donors (Lipinski definition) is 0. The Labute approximate surface area is 126 Å². The molecule has 6 heteroatoms. The molecule has 1 aliphatic heterocycles. The normalized spacial score (nSPS) is 23.3. The lowest BCUT2D eigenvalue weighted by molar-refractivity contribution is -0.137. The predicted octanol–water partition coefficient (Wildman–Crippen LogP) is 4.01. The van der Waals surface area contributed by atoms with Crippen molar-refractivity contribution in [1.29, 1.82) is 0 Å². The summed E-state index contributed by atoms with van der Waals surface area (Å²) in [6, 6.07) is 11.4. The molecule has 0 spiro atoms. The lowest BCUT2D eigenvalue weighted by atomic mass is 9.88. The maximum atomic E-state index is 12.9. The van der Waals surface area contributed by atoms with Crippen molar-refractivity contribution in [3.05, 3.63) is 65.2 Å². The summed E-state index contributed by atoms with van der Waals surface area (Å²) < 4.78 is 63.5. The summed E-state index contributed by atoms with van der Waals surface area (Å²) in [6.45, 7) is 1.54. The van der Waals surface area contributed by atoms with Crippen LogP contribution in [0, 0.1) is 0 Å². The second kappa shape index (κ2) is 4.84. The van der Waals surface area contributed by atoms with Crippen LogP contribution >= 0.6 is 0 Å². The van der Waals surface area contributed by atoms with Crippen molar-refractivity contribution in [2.24, 2.45) is 0 Å². The van der Waals surface area contributed by atoms with Crippen LogP contribution in [-0.2, 0) is 16.0 Å². The van der Waals surface area contributed by atoms with Gasteiger partial charge >= 0.3 is 6.18 Å². The number of rotatable bonds is 1. The van der Waals surface area contributed by atoms with Gasteiger partial charge in [0.15, 0.2) is 9.84 Å². The van der Waals surface area contributed by atoms with E-state index < -0.39 is 32.7 Å². The zero-order chi connectivity index (χ0) is 16.1. The van der Waals surface area contributed by atoms with Gasteiger partial charge in [-0.1, -0.05) is 36.4 Å². The Hall–Kier alpha value is -1.82. The Balaban J connectivity index is 2.18. The first kappa shape index (κ1) is 15.1. The fraction of sp³-hybridized carbons (Fsp3) is 0.250. The molecular formula is C16H13F3O2S. The third kappa shape index (κ3) is 2.22. The van der Waals surface area contributed by atoms with E-state index in [0.29, 0.717) is 11.1 Å². The topological polar surface area (TPSA) is 34.1 Å². The monoisotopic (exact) mass is 326 g/mol. The van der Waals surface area contributed by atoms with Crippen LogP contribution in [0.15, 0.2) is 53.4 Å². The van der Waals surface area contributed by atoms with Gasteiger partial charge in [0.1, 0.15) is 0 Å². The average molecular weight is 326 g/mol. The summed E-state index contributed by atoms with van der Waals surface area (Å²) >= 11 is 0. The number of sulfone groups is 1. The third-order valence-electron chi connectivity index (χ3n) is 4.09. The highest BCUT2D eigenvalue weighted by molar-refractivity contribution is 7.92. The molecule has 0 aliphatic carbocycles. The van der Waals surface area contributed by atoms with Gasteiger partial charge in [-0.2, -0.15) is 13.2 Å². The van der Waals surface area contributed by atoms with Crippen LogP contribution < -0.4 is 0 Å². The van der Waals surface area contributed by atoms with Crippen LogP contribution in [0.2, 0.25) is 0 Å². The summed E-state index contributed by atoms with van der Waals surface area (Å²) in [5.74, 6) is -0.580. The van der Waals surface area contributed by atoms with E-state index in [2.05, 4.69) is 0 Å². The first-order valence-electron chi connectivity index (χ1n) is 6.73. The maximum absolute atomic E-state index is 12.9. The van der Waals surface area contributed by atoms with Gasteiger partial charge in [0.2, 0.25) is 0 Å². The maximum Gasteiger partial charge on any atom is 0.416 e. The van der Waals surface area contributed by atoms with Gasteiger partial charge in [0, 0.05) is 5.92 Å². The Morgan fingerprint density at radius 2 is 1.68 bits per heavy atom. The fourth-order valence-electron chi connectivity index (χ4n) is 2.99. The molecule has 1 heterocycles. The van der Waals surface area contributed by atoms with Crippen molar-refractivity contribution < 1.29 is 21.6 Å². The van der Waals surface area contributed by atoms with E-state index >= 15 is 0 Å². The molecule has 0 amide bonds. The molecule has 22 heavy (non-hydrogen) atoms. The molecule has 2 aromatic carbocycles. The molecule has 0 fully saturated rings. The lowest BCUT2D eigenvalue weighted by Crippen LogP contribution is -2.18. The number of benzene rings is 2. The number of halogens is 3. The molecule has 0 bridgehead atoms. The van der Waals surface area contributed by atoms with Gasteiger partial charge in [-0.15, -0.1) is 0 Å². The third-order valence-corrected chi connectivity index (χ3v) is 6.33. The first-order chi connectivity index (χ1) is 10.2. The summed E-state index contributed by atoms with van der Waals surface area (Å²) in [5.41, 5.74) is 0.171. The molecule has 2 unspecified atom stereocenters. The van der Waals surface area contributed by atoms with Gasteiger partial charge in [0.25, 0.3) is 0 Å². The van der Waals surface area contributed by atoms with E-state index in [1.54, 1.807) is 31.2 Å². The number of alkyl halides is 3. The minimum absolute atomic E-state index is 0.213. The molecule has 116 valence electrons. The molecule has 0 saturated carbocycles. The smallest absolute Gasteiger partial charge is 0.223 e. The summed E-state index contributed by atoms with van der Waals surface area (Å²) in [4.78, 5) is 0.213. The van der Waals surface area contributed by atoms with Gasteiger partial charge in [-0.05, 0) is 30.2 Å². The van der Waals surface area contributed by atoms with Crippen molar-refractivity contribution >= 4 is 9.84 Å². The predicted molar refractivity (Wildman–Crippen MR) is 76.4 cm³/mol. The van der Waals surface area contributed by atoms with Crippen LogP contribution in [0.3, 0.4) is 0 Å². The van der Waals surface area contributed by atoms with E-state index in [0.717, 1.165) is 12.1 Å². The fourth-order valence-corrected chi connectivity index (χ4v) is 4.84. The Morgan fingerprint density at radius 3 is 2.36 bits per heavy atom. The molecule has 0 saturated heterocycles. The minimum Gasteiger partial charge on any atom is -0.223 e. The summed E-state index contributed by atoms with van der Waals surface area (Å²) in [6.07, 6.45) is -4.45. The first-order valence-corrected chi connectivity index (χ1v) is 8.27. The molecule has 2 aromatic rings. The van der Waals surface area contributed by atoms with E-state index in [4.69, 9.17) is 0 Å². The SMILES string of the molecule is CC1C(c2cccc(C(F)(F)F)c2)c2ccccc2S1(=O)=O. The number of hydrogen-bond acceptors (Lipinski definition) is 2. The van der Waals surface area contributed by atoms with Crippen LogP contribution in [0.25, 0.3) is 0 Å². The van der Waals surface area contributed by atoms with Crippen molar-refractivity contribution in [2.45, 2.75) is 29.2 Å². The van der Waals surface area contributed by atoms with Crippen molar-refractivity contribution in [3.8, 4) is 0 Å². The van der Waals surface area contributed by atoms with Gasteiger partial charge in [0.05, 0.1) is 15.7 Å². The Morgan fingerprint density at radius 1 is 1.00 bits per heavy atom. The standard InChI is InChI=1S/C16H13F3O2S/c1-10-15(11-5-4-6-12(9-11)16(17,18)19)13-7-2-3-8-14(13)22(10,20)21/h2-10,15H,1H3. The molecule has 1 aliphatic rings. The second-order valence-corrected chi connectivity index (χ2v) is 7.66. The van der Waals surface area contributed by atoms with Crippen LogP contribution in [0.4, 0.5) is 13.2 Å². The van der Waals surface area contributed by atoms with Crippen LogP contribution in [0.1, 0.15) is 29.5 Å². The molecule has 3 rings (SSSR count). The molecular weight excluding hydrogens is 313 g/mol. The highest BCUT2D eigenvalue weighted by Crippen LogP contribution is 2.44. The van der Waals surface area contributed by atoms with Crippen molar-refractivity contribution in [2.75, 3.05) is 0 Å². The largest absolute Gasteiger partial charge is 0.416 e. The quantitative estimate of drug-likeness (QED) is 0.793.